The number of hydrogen-bond donors (Lipinski definition) is 3. The molecule has 1 rings (SSSR count). The van der Waals surface area contributed by atoms with Crippen LogP contribution in [0.4, 0.5) is 0 Å². The van der Waals surface area contributed by atoms with Crippen LogP contribution in [-0.2, 0) is 9.59 Å². The van der Waals surface area contributed by atoms with Crippen molar-refractivity contribution in [2.45, 2.75) is 33.2 Å². The largest absolute Gasteiger partial charge is 0.481 e. The number of rotatable bonds is 6. The third-order valence-corrected chi connectivity index (χ3v) is 3.96. The highest BCUT2D eigenvalue weighted by atomic mass is 16.4. The van der Waals surface area contributed by atoms with Crippen molar-refractivity contribution in [3.05, 3.63) is 23.8 Å². The molecule has 0 amide bonds. The molecule has 1 heterocycles. The molecule has 3 N–H and O–H groups in total. The predicted octanol–water partition coefficient (Wildman–Crippen LogP) is 1.91. The van der Waals surface area contributed by atoms with Gasteiger partial charge >= 0.3 is 11.9 Å². The maximum Gasteiger partial charge on any atom is 0.310 e. The van der Waals surface area contributed by atoms with Gasteiger partial charge in [0.05, 0.1) is 12.3 Å². The van der Waals surface area contributed by atoms with Gasteiger partial charge in [-0.1, -0.05) is 23.8 Å². The lowest BCUT2D eigenvalue weighted by Crippen LogP contribution is -2.25. The molecule has 0 bridgehead atoms. The quantitative estimate of drug-likeness (QED) is 0.647. The van der Waals surface area contributed by atoms with Gasteiger partial charge in [0.15, 0.2) is 0 Å². The fourth-order valence-electron chi connectivity index (χ4n) is 2.56. The van der Waals surface area contributed by atoms with Crippen molar-refractivity contribution in [2.24, 2.45) is 17.8 Å². The molecule has 5 heteroatoms. The Morgan fingerprint density at radius 1 is 1.40 bits per heavy atom. The van der Waals surface area contributed by atoms with Crippen LogP contribution >= 0.6 is 0 Å². The van der Waals surface area contributed by atoms with Crippen LogP contribution in [0.15, 0.2) is 23.8 Å². The zero-order valence-electron chi connectivity index (χ0n) is 12.2. The van der Waals surface area contributed by atoms with Crippen LogP contribution in [0.25, 0.3) is 0 Å². The second-order valence-electron chi connectivity index (χ2n) is 5.49. The van der Waals surface area contributed by atoms with Gasteiger partial charge in [0, 0.05) is 12.6 Å². The summed E-state index contributed by atoms with van der Waals surface area (Å²) in [7, 11) is 0. The van der Waals surface area contributed by atoms with Gasteiger partial charge in [-0.05, 0) is 32.6 Å². The molecule has 0 aromatic rings. The highest BCUT2D eigenvalue weighted by molar-refractivity contribution is 5.71. The van der Waals surface area contributed by atoms with Crippen molar-refractivity contribution >= 4 is 11.9 Å². The summed E-state index contributed by atoms with van der Waals surface area (Å²) in [5.74, 6) is -1.89. The van der Waals surface area contributed by atoms with E-state index in [0.29, 0.717) is 0 Å². The standard InChI is InChI=1S/C15H23NO4/c1-9(5-4-6-10(2)15(19)20)13-8-16-11(3)12(13)7-14(17)18/h4-6,10-13,16H,7-8H2,1-3H3,(H,17,18)(H,19,20)/b6-4+,9-5-/t10-,11+,12+,13+/m0/s1. The van der Waals surface area contributed by atoms with E-state index in [1.54, 1.807) is 19.1 Å². The van der Waals surface area contributed by atoms with Crippen molar-refractivity contribution in [2.75, 3.05) is 6.54 Å². The SMILES string of the molecule is C/C(=C/C=C/[C@H](C)C(=O)O)[C@H]1CN[C@H](C)[C@H]1CC(=O)O. The Hall–Kier alpha value is -1.62. The Kier molecular flexibility index (Phi) is 5.95. The Labute approximate surface area is 119 Å². The number of hydrogen-bond acceptors (Lipinski definition) is 3. The Morgan fingerprint density at radius 2 is 2.05 bits per heavy atom. The smallest absolute Gasteiger partial charge is 0.310 e. The van der Waals surface area contributed by atoms with Crippen molar-refractivity contribution in [1.82, 2.24) is 5.32 Å². The highest BCUT2D eigenvalue weighted by Crippen LogP contribution is 2.31. The summed E-state index contributed by atoms with van der Waals surface area (Å²) >= 11 is 0. The number of carboxylic acid groups (broad SMARTS) is 2. The maximum atomic E-state index is 10.9. The zero-order valence-corrected chi connectivity index (χ0v) is 12.2. The van der Waals surface area contributed by atoms with Crippen LogP contribution < -0.4 is 5.32 Å². The van der Waals surface area contributed by atoms with Gasteiger partial charge in [-0.15, -0.1) is 0 Å². The lowest BCUT2D eigenvalue weighted by molar-refractivity contribution is -0.140. The van der Waals surface area contributed by atoms with E-state index in [1.807, 2.05) is 19.9 Å². The van der Waals surface area contributed by atoms with Crippen LogP contribution in [0.3, 0.4) is 0 Å². The molecule has 0 unspecified atom stereocenters. The van der Waals surface area contributed by atoms with E-state index in [1.165, 1.54) is 0 Å². The molecule has 0 spiro atoms. The van der Waals surface area contributed by atoms with Crippen molar-refractivity contribution in [3.8, 4) is 0 Å². The van der Waals surface area contributed by atoms with Gasteiger partial charge in [0.2, 0.25) is 0 Å². The molecule has 0 radical (unpaired) electrons. The van der Waals surface area contributed by atoms with E-state index in [2.05, 4.69) is 5.32 Å². The minimum Gasteiger partial charge on any atom is -0.481 e. The summed E-state index contributed by atoms with van der Waals surface area (Å²) in [6.07, 6.45) is 5.41. The van der Waals surface area contributed by atoms with E-state index in [0.717, 1.165) is 12.1 Å². The van der Waals surface area contributed by atoms with E-state index >= 15 is 0 Å². The first kappa shape index (κ1) is 16.4. The Bertz CT molecular complexity index is 428. The lowest BCUT2D eigenvalue weighted by atomic mass is 9.83. The molecule has 0 aromatic carbocycles. The minimum absolute atomic E-state index is 0.0778. The van der Waals surface area contributed by atoms with E-state index in [9.17, 15) is 9.59 Å². The summed E-state index contributed by atoms with van der Waals surface area (Å²) in [6.45, 7) is 6.36. The van der Waals surface area contributed by atoms with Crippen LogP contribution in [0.1, 0.15) is 27.2 Å². The molecule has 4 atom stereocenters. The highest BCUT2D eigenvalue weighted by Gasteiger charge is 2.35. The van der Waals surface area contributed by atoms with Gasteiger partial charge in [0.1, 0.15) is 0 Å². The Morgan fingerprint density at radius 3 is 2.60 bits per heavy atom. The molecule has 1 saturated heterocycles. The van der Waals surface area contributed by atoms with Crippen LogP contribution in [0, 0.1) is 17.8 Å². The van der Waals surface area contributed by atoms with Gasteiger partial charge < -0.3 is 15.5 Å². The van der Waals surface area contributed by atoms with Crippen LogP contribution in [-0.4, -0.2) is 34.7 Å². The second-order valence-corrected chi connectivity index (χ2v) is 5.49. The van der Waals surface area contributed by atoms with Crippen molar-refractivity contribution in [1.29, 1.82) is 0 Å². The van der Waals surface area contributed by atoms with Crippen molar-refractivity contribution in [3.63, 3.8) is 0 Å². The summed E-state index contributed by atoms with van der Waals surface area (Å²) < 4.78 is 0. The average Bonchev–Trinajstić information content (AvgIpc) is 2.70. The summed E-state index contributed by atoms with van der Waals surface area (Å²) in [5, 5.41) is 21.1. The predicted molar refractivity (Wildman–Crippen MR) is 76.4 cm³/mol. The number of allylic oxidation sites excluding steroid dienone is 2. The lowest BCUT2D eigenvalue weighted by Gasteiger charge is -2.20. The number of nitrogens with one attached hydrogen (secondary N) is 1. The fraction of sp³-hybridized carbons (Fsp3) is 0.600. The van der Waals surface area contributed by atoms with Gasteiger partial charge in [-0.25, -0.2) is 0 Å². The normalized spacial score (nSPS) is 28.8. The molecule has 0 saturated carbocycles. The molecule has 1 aliphatic heterocycles. The summed E-state index contributed by atoms with van der Waals surface area (Å²) in [5.41, 5.74) is 1.09. The molecule has 0 aliphatic carbocycles. The molecular formula is C15H23NO4. The van der Waals surface area contributed by atoms with E-state index in [4.69, 9.17) is 10.2 Å². The van der Waals surface area contributed by atoms with Crippen molar-refractivity contribution < 1.29 is 19.8 Å². The molecule has 1 fully saturated rings. The molecule has 20 heavy (non-hydrogen) atoms. The van der Waals surface area contributed by atoms with Gasteiger partial charge in [0.25, 0.3) is 0 Å². The monoisotopic (exact) mass is 281 g/mol. The van der Waals surface area contributed by atoms with Crippen LogP contribution in [0.5, 0.6) is 0 Å². The molecule has 112 valence electrons. The molecule has 5 nitrogen and oxygen atoms in total. The first-order valence-electron chi connectivity index (χ1n) is 6.86. The number of carboxylic acids is 2. The number of carbonyl (C=O) groups is 2. The second kappa shape index (κ2) is 7.24. The zero-order chi connectivity index (χ0) is 15.3. The molecular weight excluding hydrogens is 258 g/mol. The summed E-state index contributed by atoms with van der Waals surface area (Å²) in [4.78, 5) is 21.6. The fourth-order valence-corrected chi connectivity index (χ4v) is 2.56. The van der Waals surface area contributed by atoms with E-state index < -0.39 is 17.9 Å². The summed E-state index contributed by atoms with van der Waals surface area (Å²) in [6, 6.07) is 0.182. The molecule has 0 aromatic heterocycles. The maximum absolute atomic E-state index is 10.9. The van der Waals surface area contributed by atoms with E-state index in [-0.39, 0.29) is 24.3 Å². The Balaban J connectivity index is 2.72. The minimum atomic E-state index is -0.854. The number of aliphatic carboxylic acids is 2. The average molecular weight is 281 g/mol. The first-order chi connectivity index (χ1) is 9.32. The third kappa shape index (κ3) is 4.49. The first-order valence-corrected chi connectivity index (χ1v) is 6.86. The third-order valence-electron chi connectivity index (χ3n) is 3.96. The molecule has 1 aliphatic rings. The topological polar surface area (TPSA) is 86.6 Å². The van der Waals surface area contributed by atoms with Gasteiger partial charge in [-0.2, -0.15) is 0 Å². The van der Waals surface area contributed by atoms with Crippen LogP contribution in [0.2, 0.25) is 0 Å². The van der Waals surface area contributed by atoms with Gasteiger partial charge in [-0.3, -0.25) is 9.59 Å².